The molecule has 0 aliphatic rings. The SMILES string of the molecule is Cc1ccc(S(=O)(=O)N[C@@H](CC(c2ccccc2)c2cc(C)cc(C)c2)c2ccccc2)cc1. The van der Waals surface area contributed by atoms with Gasteiger partial charge in [0.2, 0.25) is 10.0 Å². The molecule has 34 heavy (non-hydrogen) atoms. The number of nitrogens with one attached hydrogen (secondary N) is 1. The number of benzene rings is 4. The molecular weight excluding hydrogens is 438 g/mol. The summed E-state index contributed by atoms with van der Waals surface area (Å²) in [4.78, 5) is 0.279. The molecule has 0 saturated carbocycles. The summed E-state index contributed by atoms with van der Waals surface area (Å²) in [5, 5.41) is 0. The molecule has 2 atom stereocenters. The Morgan fingerprint density at radius 3 is 1.71 bits per heavy atom. The topological polar surface area (TPSA) is 46.2 Å². The lowest BCUT2D eigenvalue weighted by Crippen LogP contribution is -2.30. The van der Waals surface area contributed by atoms with Crippen LogP contribution in [0, 0.1) is 20.8 Å². The van der Waals surface area contributed by atoms with Crippen molar-refractivity contribution in [3.8, 4) is 0 Å². The molecule has 0 aromatic heterocycles. The van der Waals surface area contributed by atoms with Gasteiger partial charge in [-0.2, -0.15) is 0 Å². The van der Waals surface area contributed by atoms with E-state index >= 15 is 0 Å². The molecule has 1 unspecified atom stereocenters. The highest BCUT2D eigenvalue weighted by molar-refractivity contribution is 7.89. The molecule has 0 bridgehead atoms. The van der Waals surface area contributed by atoms with Gasteiger partial charge in [0.25, 0.3) is 0 Å². The van der Waals surface area contributed by atoms with Crippen LogP contribution in [0.5, 0.6) is 0 Å². The van der Waals surface area contributed by atoms with E-state index in [0.717, 1.165) is 11.1 Å². The molecule has 174 valence electrons. The van der Waals surface area contributed by atoms with Crippen molar-refractivity contribution in [2.24, 2.45) is 0 Å². The van der Waals surface area contributed by atoms with Gasteiger partial charge in [-0.3, -0.25) is 0 Å². The Hall–Kier alpha value is -3.21. The highest BCUT2D eigenvalue weighted by Gasteiger charge is 2.26. The molecule has 0 aliphatic heterocycles. The fraction of sp³-hybridized carbons (Fsp3) is 0.200. The first-order valence-electron chi connectivity index (χ1n) is 11.6. The van der Waals surface area contributed by atoms with Crippen LogP contribution in [0.1, 0.15) is 51.8 Å². The first-order valence-corrected chi connectivity index (χ1v) is 13.1. The highest BCUT2D eigenvalue weighted by Crippen LogP contribution is 2.35. The number of aryl methyl sites for hydroxylation is 3. The Morgan fingerprint density at radius 1 is 0.618 bits per heavy atom. The Labute approximate surface area is 203 Å². The lowest BCUT2D eigenvalue weighted by atomic mass is 9.83. The Bertz CT molecular complexity index is 1310. The molecule has 1 N–H and O–H groups in total. The van der Waals surface area contributed by atoms with Gasteiger partial charge in [-0.05, 0) is 56.0 Å². The van der Waals surface area contributed by atoms with Crippen molar-refractivity contribution >= 4 is 10.0 Å². The highest BCUT2D eigenvalue weighted by atomic mass is 32.2. The van der Waals surface area contributed by atoms with Crippen molar-refractivity contribution in [1.82, 2.24) is 4.72 Å². The van der Waals surface area contributed by atoms with Crippen LogP contribution < -0.4 is 4.72 Å². The zero-order valence-electron chi connectivity index (χ0n) is 19.9. The number of sulfonamides is 1. The Balaban J connectivity index is 1.76. The quantitative estimate of drug-likeness (QED) is 0.307. The summed E-state index contributed by atoms with van der Waals surface area (Å²) in [5.74, 6) is 0.0331. The van der Waals surface area contributed by atoms with Gasteiger partial charge in [-0.25, -0.2) is 13.1 Å². The van der Waals surface area contributed by atoms with Crippen molar-refractivity contribution in [3.63, 3.8) is 0 Å². The van der Waals surface area contributed by atoms with E-state index in [9.17, 15) is 8.42 Å². The molecule has 0 aliphatic carbocycles. The number of hydrogen-bond donors (Lipinski definition) is 1. The van der Waals surface area contributed by atoms with E-state index in [0.29, 0.717) is 6.42 Å². The molecule has 0 radical (unpaired) electrons. The summed E-state index contributed by atoms with van der Waals surface area (Å²) in [6.07, 6.45) is 0.599. The summed E-state index contributed by atoms with van der Waals surface area (Å²) in [6, 6.07) is 33.4. The van der Waals surface area contributed by atoms with Gasteiger partial charge < -0.3 is 0 Å². The molecule has 4 aromatic rings. The van der Waals surface area contributed by atoms with E-state index in [1.807, 2.05) is 67.6 Å². The first-order chi connectivity index (χ1) is 16.3. The fourth-order valence-electron chi connectivity index (χ4n) is 4.51. The normalized spacial score (nSPS) is 13.4. The molecule has 4 aromatic carbocycles. The molecular formula is C30H31NO2S. The third-order valence-electron chi connectivity index (χ3n) is 6.15. The van der Waals surface area contributed by atoms with Crippen molar-refractivity contribution < 1.29 is 8.42 Å². The summed E-state index contributed by atoms with van der Waals surface area (Å²) >= 11 is 0. The lowest BCUT2D eigenvalue weighted by Gasteiger charge is -2.26. The molecule has 0 amide bonds. The van der Waals surface area contributed by atoms with Crippen LogP contribution in [0.2, 0.25) is 0 Å². The fourth-order valence-corrected chi connectivity index (χ4v) is 5.74. The molecule has 4 rings (SSSR count). The van der Waals surface area contributed by atoms with Crippen LogP contribution in [0.3, 0.4) is 0 Å². The first kappa shape index (κ1) is 23.9. The second-order valence-electron chi connectivity index (χ2n) is 9.02. The number of hydrogen-bond acceptors (Lipinski definition) is 2. The minimum Gasteiger partial charge on any atom is -0.207 e. The largest absolute Gasteiger partial charge is 0.241 e. The minimum absolute atomic E-state index is 0.0331. The van der Waals surface area contributed by atoms with Crippen LogP contribution in [0.15, 0.2) is 108 Å². The second kappa shape index (κ2) is 10.4. The van der Waals surface area contributed by atoms with Gasteiger partial charge in [0.15, 0.2) is 0 Å². The predicted molar refractivity (Wildman–Crippen MR) is 140 cm³/mol. The van der Waals surface area contributed by atoms with E-state index in [-0.39, 0.29) is 10.8 Å². The van der Waals surface area contributed by atoms with Gasteiger partial charge in [-0.15, -0.1) is 0 Å². The third-order valence-corrected chi connectivity index (χ3v) is 7.64. The number of rotatable bonds is 8. The summed E-state index contributed by atoms with van der Waals surface area (Å²) in [7, 11) is -3.70. The maximum atomic E-state index is 13.4. The van der Waals surface area contributed by atoms with E-state index in [1.54, 1.807) is 12.1 Å². The zero-order valence-corrected chi connectivity index (χ0v) is 20.7. The monoisotopic (exact) mass is 469 g/mol. The Morgan fingerprint density at radius 2 is 1.15 bits per heavy atom. The van der Waals surface area contributed by atoms with Gasteiger partial charge in [-0.1, -0.05) is 108 Å². The summed E-state index contributed by atoms with van der Waals surface area (Å²) < 4.78 is 29.8. The van der Waals surface area contributed by atoms with Gasteiger partial charge >= 0.3 is 0 Å². The van der Waals surface area contributed by atoms with Crippen molar-refractivity contribution in [2.45, 2.75) is 44.0 Å². The van der Waals surface area contributed by atoms with E-state index in [1.165, 1.54) is 22.3 Å². The van der Waals surface area contributed by atoms with Crippen molar-refractivity contribution in [3.05, 3.63) is 137 Å². The van der Waals surface area contributed by atoms with Crippen LogP contribution in [-0.4, -0.2) is 8.42 Å². The molecule has 3 nitrogen and oxygen atoms in total. The van der Waals surface area contributed by atoms with E-state index < -0.39 is 16.1 Å². The van der Waals surface area contributed by atoms with E-state index in [4.69, 9.17) is 0 Å². The van der Waals surface area contributed by atoms with Gasteiger partial charge in [0, 0.05) is 12.0 Å². The second-order valence-corrected chi connectivity index (χ2v) is 10.7. The average molecular weight is 470 g/mol. The molecule has 0 fully saturated rings. The standard InChI is InChI=1S/C30H31NO2S/c1-22-14-16-28(17-15-22)34(32,33)31-30(26-12-8-5-9-13-26)21-29(25-10-6-4-7-11-25)27-19-23(2)18-24(3)20-27/h4-20,29-31H,21H2,1-3H3/t29?,30-/m0/s1. The van der Waals surface area contributed by atoms with Crippen LogP contribution in [0.4, 0.5) is 0 Å². The van der Waals surface area contributed by atoms with Gasteiger partial charge in [0.1, 0.15) is 0 Å². The molecule has 0 spiro atoms. The van der Waals surface area contributed by atoms with Crippen LogP contribution >= 0.6 is 0 Å². The van der Waals surface area contributed by atoms with Crippen LogP contribution in [0.25, 0.3) is 0 Å². The molecule has 0 heterocycles. The van der Waals surface area contributed by atoms with E-state index in [2.05, 4.69) is 48.9 Å². The van der Waals surface area contributed by atoms with Gasteiger partial charge in [0.05, 0.1) is 4.90 Å². The Kier molecular flexibility index (Phi) is 7.30. The summed E-state index contributed by atoms with van der Waals surface area (Å²) in [5.41, 5.74) is 6.74. The molecule has 0 saturated heterocycles. The maximum Gasteiger partial charge on any atom is 0.241 e. The maximum absolute atomic E-state index is 13.4. The smallest absolute Gasteiger partial charge is 0.207 e. The lowest BCUT2D eigenvalue weighted by molar-refractivity contribution is 0.521. The minimum atomic E-state index is -3.70. The van der Waals surface area contributed by atoms with Crippen LogP contribution in [-0.2, 0) is 10.0 Å². The summed E-state index contributed by atoms with van der Waals surface area (Å²) in [6.45, 7) is 6.16. The average Bonchev–Trinajstić information content (AvgIpc) is 2.82. The zero-order chi connectivity index (χ0) is 24.1. The predicted octanol–water partition coefficient (Wildman–Crippen LogP) is 6.85. The van der Waals surface area contributed by atoms with Crippen molar-refractivity contribution in [2.75, 3.05) is 0 Å². The molecule has 4 heteroatoms. The third kappa shape index (κ3) is 5.82. The van der Waals surface area contributed by atoms with Crippen molar-refractivity contribution in [1.29, 1.82) is 0 Å².